The van der Waals surface area contributed by atoms with Crippen LogP contribution in [-0.2, 0) is 9.59 Å². The number of anilines is 2. The lowest BCUT2D eigenvalue weighted by Crippen LogP contribution is -2.17. The molecule has 5 nitrogen and oxygen atoms in total. The van der Waals surface area contributed by atoms with Crippen molar-refractivity contribution in [2.24, 2.45) is 0 Å². The number of aromatic nitrogens is 1. The Kier molecular flexibility index (Phi) is 5.05. The Morgan fingerprint density at radius 2 is 1.86 bits per heavy atom. The van der Waals surface area contributed by atoms with E-state index in [-0.39, 0.29) is 24.7 Å². The number of aryl methyl sites for hydroxylation is 1. The number of nitrogens with one attached hydrogen (secondary N) is 2. The van der Waals surface area contributed by atoms with E-state index in [9.17, 15) is 9.59 Å². The van der Waals surface area contributed by atoms with Crippen LogP contribution in [0.4, 0.5) is 10.8 Å². The van der Waals surface area contributed by atoms with Crippen LogP contribution in [0, 0.1) is 13.8 Å². The van der Waals surface area contributed by atoms with Crippen LogP contribution in [0.15, 0.2) is 29.8 Å². The van der Waals surface area contributed by atoms with Gasteiger partial charge in [0.2, 0.25) is 11.8 Å². The Labute approximate surface area is 127 Å². The maximum Gasteiger partial charge on any atom is 0.226 e. The summed E-state index contributed by atoms with van der Waals surface area (Å²) in [6, 6.07) is 5.75. The Morgan fingerprint density at radius 3 is 2.52 bits per heavy atom. The van der Waals surface area contributed by atoms with Gasteiger partial charge < -0.3 is 10.6 Å². The Hall–Kier alpha value is -2.21. The molecule has 2 amide bonds. The summed E-state index contributed by atoms with van der Waals surface area (Å²) in [6.45, 7) is 3.95. The van der Waals surface area contributed by atoms with Crippen LogP contribution >= 0.6 is 11.3 Å². The van der Waals surface area contributed by atoms with E-state index in [0.717, 1.165) is 16.8 Å². The van der Waals surface area contributed by atoms with E-state index in [4.69, 9.17) is 0 Å². The highest BCUT2D eigenvalue weighted by Gasteiger charge is 2.10. The molecule has 0 saturated heterocycles. The lowest BCUT2D eigenvalue weighted by atomic mass is 10.1. The second-order valence-corrected chi connectivity index (χ2v) is 5.58. The summed E-state index contributed by atoms with van der Waals surface area (Å²) in [7, 11) is 0. The van der Waals surface area contributed by atoms with Gasteiger partial charge in [-0.05, 0) is 31.0 Å². The van der Waals surface area contributed by atoms with E-state index in [1.165, 1.54) is 11.3 Å². The zero-order valence-corrected chi connectivity index (χ0v) is 12.8. The monoisotopic (exact) mass is 303 g/mol. The predicted octanol–water partition coefficient (Wildman–Crippen LogP) is 3.12. The molecule has 21 heavy (non-hydrogen) atoms. The molecule has 2 rings (SSSR count). The van der Waals surface area contributed by atoms with Gasteiger partial charge in [-0.25, -0.2) is 4.98 Å². The molecule has 0 aliphatic rings. The van der Waals surface area contributed by atoms with Crippen molar-refractivity contribution in [3.8, 4) is 0 Å². The summed E-state index contributed by atoms with van der Waals surface area (Å²) < 4.78 is 0. The van der Waals surface area contributed by atoms with Crippen molar-refractivity contribution in [2.45, 2.75) is 26.7 Å². The second kappa shape index (κ2) is 6.99. The molecule has 1 heterocycles. The summed E-state index contributed by atoms with van der Waals surface area (Å²) in [5, 5.41) is 7.81. The first-order valence-corrected chi connectivity index (χ1v) is 7.49. The van der Waals surface area contributed by atoms with Gasteiger partial charge in [0.05, 0.1) is 0 Å². The lowest BCUT2D eigenvalue weighted by molar-refractivity contribution is -0.121. The molecule has 2 aromatic rings. The third kappa shape index (κ3) is 4.39. The van der Waals surface area contributed by atoms with E-state index in [1.54, 1.807) is 11.6 Å². The standard InChI is InChI=1S/C15H17N3O2S/c1-10-4-3-5-12(11(10)2)17-13(19)6-7-14(20)18-15-16-8-9-21-15/h3-5,8-9H,6-7H2,1-2H3,(H,17,19)(H,16,18,20). The number of thiazole rings is 1. The first-order valence-electron chi connectivity index (χ1n) is 6.61. The summed E-state index contributed by atoms with van der Waals surface area (Å²) in [6.07, 6.45) is 1.90. The van der Waals surface area contributed by atoms with E-state index in [2.05, 4.69) is 15.6 Å². The third-order valence-electron chi connectivity index (χ3n) is 3.14. The first kappa shape index (κ1) is 15.2. The fraction of sp³-hybridized carbons (Fsp3) is 0.267. The van der Waals surface area contributed by atoms with Crippen LogP contribution in [0.3, 0.4) is 0 Å². The van der Waals surface area contributed by atoms with Gasteiger partial charge in [-0.2, -0.15) is 0 Å². The fourth-order valence-corrected chi connectivity index (χ4v) is 2.34. The van der Waals surface area contributed by atoms with Gasteiger partial charge >= 0.3 is 0 Å². The zero-order valence-electron chi connectivity index (χ0n) is 12.0. The van der Waals surface area contributed by atoms with Crippen molar-refractivity contribution in [1.29, 1.82) is 0 Å². The van der Waals surface area contributed by atoms with Crippen LogP contribution < -0.4 is 10.6 Å². The predicted molar refractivity (Wildman–Crippen MR) is 84.5 cm³/mol. The summed E-state index contributed by atoms with van der Waals surface area (Å²) in [5.41, 5.74) is 2.95. The van der Waals surface area contributed by atoms with Crippen LogP contribution in [0.25, 0.3) is 0 Å². The molecule has 0 fully saturated rings. The van der Waals surface area contributed by atoms with Crippen molar-refractivity contribution in [3.05, 3.63) is 40.9 Å². The fourth-order valence-electron chi connectivity index (χ4n) is 1.79. The van der Waals surface area contributed by atoms with E-state index < -0.39 is 0 Å². The van der Waals surface area contributed by atoms with Gasteiger partial charge in [0.25, 0.3) is 0 Å². The van der Waals surface area contributed by atoms with Gasteiger partial charge in [-0.1, -0.05) is 12.1 Å². The number of carbonyl (C=O) groups excluding carboxylic acids is 2. The minimum absolute atomic E-state index is 0.135. The molecule has 6 heteroatoms. The van der Waals surface area contributed by atoms with Crippen molar-refractivity contribution in [2.75, 3.05) is 10.6 Å². The number of nitrogens with zero attached hydrogens (tertiary/aromatic N) is 1. The van der Waals surface area contributed by atoms with Crippen molar-refractivity contribution in [1.82, 2.24) is 4.98 Å². The van der Waals surface area contributed by atoms with E-state index >= 15 is 0 Å². The minimum Gasteiger partial charge on any atom is -0.326 e. The molecule has 0 bridgehead atoms. The number of amides is 2. The largest absolute Gasteiger partial charge is 0.326 e. The Bertz CT molecular complexity index is 638. The van der Waals surface area contributed by atoms with Crippen molar-refractivity contribution >= 4 is 34.0 Å². The molecular formula is C15H17N3O2S. The number of rotatable bonds is 5. The van der Waals surface area contributed by atoms with Crippen LogP contribution in [-0.4, -0.2) is 16.8 Å². The van der Waals surface area contributed by atoms with Gasteiger partial charge in [0.15, 0.2) is 5.13 Å². The summed E-state index contributed by atoms with van der Waals surface area (Å²) in [5.74, 6) is -0.376. The molecule has 0 saturated carbocycles. The third-order valence-corrected chi connectivity index (χ3v) is 3.83. The number of carbonyl (C=O) groups is 2. The number of benzene rings is 1. The lowest BCUT2D eigenvalue weighted by Gasteiger charge is -2.10. The molecular weight excluding hydrogens is 286 g/mol. The molecule has 0 atom stereocenters. The van der Waals surface area contributed by atoms with Gasteiger partial charge in [0, 0.05) is 30.1 Å². The van der Waals surface area contributed by atoms with Gasteiger partial charge in [-0.3, -0.25) is 9.59 Å². The smallest absolute Gasteiger partial charge is 0.226 e. The highest BCUT2D eigenvalue weighted by molar-refractivity contribution is 7.13. The molecule has 1 aromatic heterocycles. The van der Waals surface area contributed by atoms with E-state index in [0.29, 0.717) is 5.13 Å². The summed E-state index contributed by atoms with van der Waals surface area (Å²) >= 11 is 1.35. The second-order valence-electron chi connectivity index (χ2n) is 4.68. The number of hydrogen-bond acceptors (Lipinski definition) is 4. The van der Waals surface area contributed by atoms with Crippen LogP contribution in [0.1, 0.15) is 24.0 Å². The first-order chi connectivity index (χ1) is 10.1. The highest BCUT2D eigenvalue weighted by atomic mass is 32.1. The maximum absolute atomic E-state index is 11.9. The quantitative estimate of drug-likeness (QED) is 0.891. The molecule has 2 N–H and O–H groups in total. The molecule has 0 spiro atoms. The van der Waals surface area contributed by atoms with Gasteiger partial charge in [-0.15, -0.1) is 11.3 Å². The summed E-state index contributed by atoms with van der Waals surface area (Å²) in [4.78, 5) is 27.5. The van der Waals surface area contributed by atoms with Crippen molar-refractivity contribution in [3.63, 3.8) is 0 Å². The highest BCUT2D eigenvalue weighted by Crippen LogP contribution is 2.18. The van der Waals surface area contributed by atoms with Gasteiger partial charge in [0.1, 0.15) is 0 Å². The average molecular weight is 303 g/mol. The Morgan fingerprint density at radius 1 is 1.14 bits per heavy atom. The minimum atomic E-state index is -0.207. The van der Waals surface area contributed by atoms with E-state index in [1.807, 2.05) is 32.0 Å². The van der Waals surface area contributed by atoms with Crippen LogP contribution in [0.5, 0.6) is 0 Å². The van der Waals surface area contributed by atoms with Crippen molar-refractivity contribution < 1.29 is 9.59 Å². The Balaban J connectivity index is 1.82. The molecule has 0 aliphatic carbocycles. The molecule has 0 aliphatic heterocycles. The SMILES string of the molecule is Cc1cccc(NC(=O)CCC(=O)Nc2nccs2)c1C. The molecule has 0 radical (unpaired) electrons. The molecule has 110 valence electrons. The zero-order chi connectivity index (χ0) is 15.2. The normalized spacial score (nSPS) is 10.2. The maximum atomic E-state index is 11.9. The average Bonchev–Trinajstić information content (AvgIpc) is 2.94. The topological polar surface area (TPSA) is 71.1 Å². The molecule has 1 aromatic carbocycles. The van der Waals surface area contributed by atoms with Crippen LogP contribution in [0.2, 0.25) is 0 Å². The molecule has 0 unspecified atom stereocenters. The number of hydrogen-bond donors (Lipinski definition) is 2.